The quantitative estimate of drug-likeness (QED) is 0.739. The number of Topliss-reactive ketones (excluding diaryl/α,β-unsaturated/α-hetero) is 1. The Hall–Kier alpha value is -2.75. The summed E-state index contributed by atoms with van der Waals surface area (Å²) in [7, 11) is 1.60. The Morgan fingerprint density at radius 2 is 1.65 bits per heavy atom. The van der Waals surface area contributed by atoms with Crippen molar-refractivity contribution in [2.24, 2.45) is 0 Å². The van der Waals surface area contributed by atoms with Gasteiger partial charge < -0.3 is 14.8 Å². The number of ketones is 1. The molecule has 120 valence electrons. The Bertz CT molecular complexity index is 660. The van der Waals surface area contributed by atoms with Gasteiger partial charge in [0.05, 0.1) is 20.1 Å². The number of hydrogen-bond acceptors (Lipinski definition) is 4. The lowest BCUT2D eigenvalue weighted by molar-refractivity contribution is 0.0993. The maximum Gasteiger partial charge on any atom is 0.168 e. The summed E-state index contributed by atoms with van der Waals surface area (Å²) in [5.41, 5.74) is 2.16. The first kappa shape index (κ1) is 16.6. The van der Waals surface area contributed by atoms with Gasteiger partial charge in [-0.15, -0.1) is 0 Å². The van der Waals surface area contributed by atoms with E-state index >= 15 is 0 Å². The van der Waals surface area contributed by atoms with E-state index in [9.17, 15) is 4.79 Å². The Morgan fingerprint density at radius 3 is 2.22 bits per heavy atom. The largest absolute Gasteiger partial charge is 0.497 e. The van der Waals surface area contributed by atoms with Gasteiger partial charge in [-0.05, 0) is 55.5 Å². The molecule has 0 saturated heterocycles. The van der Waals surface area contributed by atoms with E-state index in [-0.39, 0.29) is 12.2 Å². The maximum atomic E-state index is 12.2. The van der Waals surface area contributed by atoms with Gasteiger partial charge in [0, 0.05) is 16.9 Å². The first-order valence-corrected chi connectivity index (χ1v) is 7.47. The van der Waals surface area contributed by atoms with Crippen LogP contribution in [-0.4, -0.2) is 19.5 Å². The van der Waals surface area contributed by atoms with Crippen LogP contribution in [0, 0.1) is 0 Å². The standard InChI is InChI=1S/C19H21NO3/c1-4-23-18-11-7-16(8-12-18)20-14(2)13-19(21)15-5-9-17(22-3)10-6-15/h5-12,20H,2,4,13H2,1,3H3. The predicted molar refractivity (Wildman–Crippen MR) is 92.3 cm³/mol. The lowest BCUT2D eigenvalue weighted by atomic mass is 10.1. The monoisotopic (exact) mass is 311 g/mol. The van der Waals surface area contributed by atoms with Crippen molar-refractivity contribution in [2.75, 3.05) is 19.0 Å². The van der Waals surface area contributed by atoms with Crippen LogP contribution in [0.15, 0.2) is 60.8 Å². The number of rotatable bonds is 8. The van der Waals surface area contributed by atoms with Crippen LogP contribution in [0.3, 0.4) is 0 Å². The first-order chi connectivity index (χ1) is 11.1. The summed E-state index contributed by atoms with van der Waals surface area (Å²) in [5.74, 6) is 1.56. The summed E-state index contributed by atoms with van der Waals surface area (Å²) in [6.07, 6.45) is 0.236. The van der Waals surface area contributed by atoms with Crippen molar-refractivity contribution in [3.8, 4) is 11.5 Å². The lowest BCUT2D eigenvalue weighted by Crippen LogP contribution is -2.06. The van der Waals surface area contributed by atoms with Crippen molar-refractivity contribution in [1.82, 2.24) is 0 Å². The number of allylic oxidation sites excluding steroid dienone is 1. The van der Waals surface area contributed by atoms with Gasteiger partial charge >= 0.3 is 0 Å². The summed E-state index contributed by atoms with van der Waals surface area (Å²) < 4.78 is 10.5. The van der Waals surface area contributed by atoms with Crippen molar-refractivity contribution < 1.29 is 14.3 Å². The van der Waals surface area contributed by atoms with Crippen LogP contribution >= 0.6 is 0 Å². The third-order valence-corrected chi connectivity index (χ3v) is 3.27. The van der Waals surface area contributed by atoms with E-state index in [1.165, 1.54) is 0 Å². The fourth-order valence-corrected chi connectivity index (χ4v) is 2.12. The molecule has 0 heterocycles. The number of carbonyl (C=O) groups excluding carboxylic acids is 1. The molecule has 0 saturated carbocycles. The number of nitrogens with one attached hydrogen (secondary N) is 1. The van der Waals surface area contributed by atoms with Gasteiger partial charge in [0.25, 0.3) is 0 Å². The molecule has 4 nitrogen and oxygen atoms in total. The zero-order chi connectivity index (χ0) is 16.7. The minimum Gasteiger partial charge on any atom is -0.497 e. The molecule has 2 aromatic carbocycles. The Morgan fingerprint density at radius 1 is 1.04 bits per heavy atom. The third kappa shape index (κ3) is 4.88. The van der Waals surface area contributed by atoms with Crippen molar-refractivity contribution in [1.29, 1.82) is 0 Å². The van der Waals surface area contributed by atoms with Crippen LogP contribution in [0.5, 0.6) is 11.5 Å². The van der Waals surface area contributed by atoms with Crippen LogP contribution in [0.2, 0.25) is 0 Å². The summed E-state index contributed by atoms with van der Waals surface area (Å²) >= 11 is 0. The van der Waals surface area contributed by atoms with Gasteiger partial charge in [0.2, 0.25) is 0 Å². The number of hydrogen-bond donors (Lipinski definition) is 1. The average molecular weight is 311 g/mol. The molecule has 1 N–H and O–H groups in total. The van der Waals surface area contributed by atoms with Crippen LogP contribution in [-0.2, 0) is 0 Å². The first-order valence-electron chi connectivity index (χ1n) is 7.47. The van der Waals surface area contributed by atoms with Gasteiger partial charge in [-0.3, -0.25) is 4.79 Å². The molecule has 0 aliphatic rings. The minimum atomic E-state index is 0.0103. The molecule has 0 spiro atoms. The van der Waals surface area contributed by atoms with E-state index in [0.29, 0.717) is 17.9 Å². The number of benzene rings is 2. The topological polar surface area (TPSA) is 47.6 Å². The van der Waals surface area contributed by atoms with Gasteiger partial charge in [-0.25, -0.2) is 0 Å². The van der Waals surface area contributed by atoms with Crippen LogP contribution in [0.1, 0.15) is 23.7 Å². The summed E-state index contributed by atoms with van der Waals surface area (Å²) in [6, 6.07) is 14.6. The van der Waals surface area contributed by atoms with Crippen molar-refractivity contribution in [3.63, 3.8) is 0 Å². The fourth-order valence-electron chi connectivity index (χ4n) is 2.12. The smallest absolute Gasteiger partial charge is 0.168 e. The Kier molecular flexibility index (Phi) is 5.80. The van der Waals surface area contributed by atoms with Crippen molar-refractivity contribution in [3.05, 3.63) is 66.4 Å². The summed E-state index contributed by atoms with van der Waals surface area (Å²) in [4.78, 5) is 12.2. The second kappa shape index (κ2) is 8.03. The zero-order valence-corrected chi connectivity index (χ0v) is 13.5. The highest BCUT2D eigenvalue weighted by Gasteiger charge is 2.08. The number of anilines is 1. The molecule has 0 aliphatic carbocycles. The number of carbonyl (C=O) groups is 1. The normalized spacial score (nSPS) is 10.0. The van der Waals surface area contributed by atoms with E-state index in [1.54, 1.807) is 31.4 Å². The third-order valence-electron chi connectivity index (χ3n) is 3.27. The van der Waals surface area contributed by atoms with Crippen molar-refractivity contribution in [2.45, 2.75) is 13.3 Å². The lowest BCUT2D eigenvalue weighted by Gasteiger charge is -2.10. The van der Waals surface area contributed by atoms with E-state index in [2.05, 4.69) is 11.9 Å². The van der Waals surface area contributed by atoms with Crippen molar-refractivity contribution >= 4 is 11.5 Å². The average Bonchev–Trinajstić information content (AvgIpc) is 2.57. The molecule has 0 unspecified atom stereocenters. The number of methoxy groups -OCH3 is 1. The second-order valence-corrected chi connectivity index (χ2v) is 5.01. The molecule has 0 amide bonds. The summed E-state index contributed by atoms with van der Waals surface area (Å²) in [5, 5.41) is 3.14. The molecule has 2 aromatic rings. The molecule has 0 fully saturated rings. The van der Waals surface area contributed by atoms with E-state index in [1.807, 2.05) is 31.2 Å². The SMILES string of the molecule is C=C(CC(=O)c1ccc(OC)cc1)Nc1ccc(OCC)cc1. The minimum absolute atomic E-state index is 0.0103. The van der Waals surface area contributed by atoms with Crippen LogP contribution < -0.4 is 14.8 Å². The van der Waals surface area contributed by atoms with E-state index in [4.69, 9.17) is 9.47 Å². The van der Waals surface area contributed by atoms with Gasteiger partial charge in [-0.2, -0.15) is 0 Å². The maximum absolute atomic E-state index is 12.2. The number of ether oxygens (including phenoxy) is 2. The molecule has 2 rings (SSSR count). The highest BCUT2D eigenvalue weighted by molar-refractivity contribution is 5.97. The molecule has 0 radical (unpaired) electrons. The molecular formula is C19H21NO3. The van der Waals surface area contributed by atoms with E-state index in [0.717, 1.165) is 17.2 Å². The predicted octanol–water partition coefficient (Wildman–Crippen LogP) is 4.29. The van der Waals surface area contributed by atoms with Crippen LogP contribution in [0.25, 0.3) is 0 Å². The highest BCUT2D eigenvalue weighted by Crippen LogP contribution is 2.19. The second-order valence-electron chi connectivity index (χ2n) is 5.01. The molecule has 0 atom stereocenters. The van der Waals surface area contributed by atoms with Gasteiger partial charge in [-0.1, -0.05) is 6.58 Å². The van der Waals surface area contributed by atoms with E-state index < -0.39 is 0 Å². The molecule has 4 heteroatoms. The summed E-state index contributed by atoms with van der Waals surface area (Å²) in [6.45, 7) is 6.50. The fraction of sp³-hybridized carbons (Fsp3) is 0.211. The molecule has 23 heavy (non-hydrogen) atoms. The van der Waals surface area contributed by atoms with Crippen LogP contribution in [0.4, 0.5) is 5.69 Å². The molecule has 0 aliphatic heterocycles. The molecular weight excluding hydrogens is 290 g/mol. The van der Waals surface area contributed by atoms with Gasteiger partial charge in [0.15, 0.2) is 5.78 Å². The molecule has 0 aromatic heterocycles. The molecule has 0 bridgehead atoms. The highest BCUT2D eigenvalue weighted by atomic mass is 16.5. The Labute approximate surface area is 136 Å². The zero-order valence-electron chi connectivity index (χ0n) is 13.5. The van der Waals surface area contributed by atoms with Gasteiger partial charge in [0.1, 0.15) is 11.5 Å². The Balaban J connectivity index is 1.91.